The number of aliphatic carboxylic acids is 2. The van der Waals surface area contributed by atoms with E-state index in [1.165, 1.54) is 0 Å². The summed E-state index contributed by atoms with van der Waals surface area (Å²) in [5, 5.41) is 34.9. The van der Waals surface area contributed by atoms with Gasteiger partial charge in [0.05, 0.1) is 0 Å². The van der Waals surface area contributed by atoms with Gasteiger partial charge < -0.3 is 20.4 Å². The van der Waals surface area contributed by atoms with Gasteiger partial charge in [-0.1, -0.05) is 41.5 Å². The van der Waals surface area contributed by atoms with Gasteiger partial charge in [0.25, 0.3) is 0 Å². The zero-order chi connectivity index (χ0) is 17.1. The molecule has 6 nitrogen and oxygen atoms in total. The Morgan fingerprint density at radius 2 is 0.952 bits per heavy atom. The summed E-state index contributed by atoms with van der Waals surface area (Å²) in [6, 6.07) is 0. The summed E-state index contributed by atoms with van der Waals surface area (Å²) < 4.78 is 0. The molecule has 0 fully saturated rings. The maximum atomic E-state index is 9.60. The van der Waals surface area contributed by atoms with Gasteiger partial charge in [-0.05, 0) is 12.8 Å². The largest absolute Gasteiger partial charge is 2.00 e. The molecule has 0 aromatic carbocycles. The smallest absolute Gasteiger partial charge is 0.852 e. The Balaban J connectivity index is -0.0000000544. The Bertz CT molecular complexity index is 180. The maximum Gasteiger partial charge on any atom is 2.00 e. The number of carbonyl (C=O) groups is 2. The molecule has 0 spiro atoms. The monoisotopic (exact) mass is 342 g/mol. The first-order valence-corrected chi connectivity index (χ1v) is 6.76. The minimum absolute atomic E-state index is 0. The molecule has 0 aliphatic rings. The van der Waals surface area contributed by atoms with Gasteiger partial charge in [-0.25, -0.2) is 0 Å². The first kappa shape index (κ1) is 32.5. The average molecular weight is 342 g/mol. The third-order valence-corrected chi connectivity index (χ3v) is 0.928. The van der Waals surface area contributed by atoms with Crippen molar-refractivity contribution in [2.24, 2.45) is 0 Å². The Morgan fingerprint density at radius 3 is 0.952 bits per heavy atom. The summed E-state index contributed by atoms with van der Waals surface area (Å²) in [6.45, 7) is 10.1. The van der Waals surface area contributed by atoms with Crippen molar-refractivity contribution in [3.05, 3.63) is 0 Å². The van der Waals surface area contributed by atoms with Crippen molar-refractivity contribution in [1.29, 1.82) is 0 Å². The van der Waals surface area contributed by atoms with E-state index in [2.05, 4.69) is 0 Å². The molecule has 0 atom stereocenters. The molecule has 126 valence electrons. The number of carboxylic acids is 2. The fourth-order valence-electron chi connectivity index (χ4n) is 0.428. The van der Waals surface area contributed by atoms with Crippen LogP contribution in [0.15, 0.2) is 0 Å². The summed E-state index contributed by atoms with van der Waals surface area (Å²) in [7, 11) is 0. The molecule has 0 unspecified atom stereocenters. The van der Waals surface area contributed by atoms with Gasteiger partial charge in [0.15, 0.2) is 0 Å². The first-order chi connectivity index (χ1) is 9.00. The molecule has 0 aliphatic heterocycles. The van der Waals surface area contributed by atoms with Crippen LogP contribution in [-0.2, 0) is 31.3 Å². The molecule has 0 amide bonds. The third kappa shape index (κ3) is 195. The Labute approximate surface area is 143 Å². The predicted molar refractivity (Wildman–Crippen MR) is 75.4 cm³/mol. The second-order valence-electron chi connectivity index (χ2n) is 4.38. The van der Waals surface area contributed by atoms with Gasteiger partial charge in [0.1, 0.15) is 0 Å². The van der Waals surface area contributed by atoms with Crippen molar-refractivity contribution in [3.63, 3.8) is 0 Å². The summed E-state index contributed by atoms with van der Waals surface area (Å²) in [5.41, 5.74) is 0. The van der Waals surface area contributed by atoms with Crippen LogP contribution < -0.4 is 10.2 Å². The summed E-state index contributed by atoms with van der Waals surface area (Å²) in [4.78, 5) is 19.2. The van der Waals surface area contributed by atoms with Crippen LogP contribution in [-0.4, -0.2) is 34.4 Å². The van der Waals surface area contributed by atoms with E-state index < -0.39 is 24.1 Å². The second kappa shape index (κ2) is 27.8. The van der Waals surface area contributed by atoms with E-state index in [1.807, 2.05) is 13.8 Å². The number of rotatable bonds is 4. The van der Waals surface area contributed by atoms with Gasteiger partial charge in [0.2, 0.25) is 0 Å². The molecule has 0 rings (SSSR count). The minimum Gasteiger partial charge on any atom is -0.852 e. The molecular formula is C14H30O6Ti. The second-order valence-corrected chi connectivity index (χ2v) is 4.38. The quantitative estimate of drug-likeness (QED) is 0.742. The summed E-state index contributed by atoms with van der Waals surface area (Å²) >= 11 is 0. The number of hydrogen-bond acceptors (Lipinski definition) is 4. The van der Waals surface area contributed by atoms with E-state index in [-0.39, 0.29) is 21.7 Å². The topological polar surface area (TPSA) is 121 Å². The van der Waals surface area contributed by atoms with Crippen LogP contribution in [0.5, 0.6) is 0 Å². The van der Waals surface area contributed by atoms with Gasteiger partial charge in [-0.2, -0.15) is 0 Å². The SMILES string of the molecule is CC(C)[O-].CC(C)[O-].CCCC(=O)O.CCCC(=O)O.[Ti+2]. The van der Waals surface area contributed by atoms with Crippen LogP contribution in [0.2, 0.25) is 0 Å². The number of carboxylic acid groups (broad SMARTS) is 2. The first-order valence-electron chi connectivity index (χ1n) is 6.76. The van der Waals surface area contributed by atoms with E-state index in [1.54, 1.807) is 27.7 Å². The van der Waals surface area contributed by atoms with Gasteiger partial charge in [-0.15, -0.1) is 12.2 Å². The molecule has 0 aromatic rings. The molecule has 21 heavy (non-hydrogen) atoms. The molecule has 0 heterocycles. The Kier molecular flexibility index (Phi) is 43.1. The normalized spacial score (nSPS) is 8.10. The average Bonchev–Trinajstić information content (AvgIpc) is 2.15. The van der Waals surface area contributed by atoms with Crippen LogP contribution >= 0.6 is 0 Å². The van der Waals surface area contributed by atoms with Gasteiger partial charge in [-0.3, -0.25) is 9.59 Å². The van der Waals surface area contributed by atoms with Crippen molar-refractivity contribution < 1.29 is 51.7 Å². The maximum absolute atomic E-state index is 9.60. The van der Waals surface area contributed by atoms with Crippen molar-refractivity contribution in [2.75, 3.05) is 0 Å². The minimum atomic E-state index is -0.711. The van der Waals surface area contributed by atoms with E-state index >= 15 is 0 Å². The van der Waals surface area contributed by atoms with Crippen molar-refractivity contribution in [3.8, 4) is 0 Å². The molecular weight excluding hydrogens is 312 g/mol. The molecule has 0 aromatic heterocycles. The van der Waals surface area contributed by atoms with Gasteiger partial charge in [0, 0.05) is 12.8 Å². The van der Waals surface area contributed by atoms with Crippen LogP contribution in [0, 0.1) is 0 Å². The van der Waals surface area contributed by atoms with Crippen LogP contribution in [0.4, 0.5) is 0 Å². The van der Waals surface area contributed by atoms with E-state index in [9.17, 15) is 19.8 Å². The summed E-state index contributed by atoms with van der Waals surface area (Å²) in [5.74, 6) is -1.42. The molecule has 0 saturated heterocycles. The van der Waals surface area contributed by atoms with Crippen molar-refractivity contribution in [2.45, 2.75) is 79.4 Å². The summed E-state index contributed by atoms with van der Waals surface area (Å²) in [6.07, 6.45) is 1.21. The van der Waals surface area contributed by atoms with Crippen LogP contribution in [0.1, 0.15) is 67.2 Å². The Hall–Kier alpha value is -0.426. The van der Waals surface area contributed by atoms with E-state index in [0.717, 1.165) is 12.8 Å². The van der Waals surface area contributed by atoms with Gasteiger partial charge >= 0.3 is 33.7 Å². The molecule has 7 heteroatoms. The fraction of sp³-hybridized carbons (Fsp3) is 0.857. The molecule has 0 bridgehead atoms. The van der Waals surface area contributed by atoms with E-state index in [0.29, 0.717) is 12.8 Å². The zero-order valence-corrected chi connectivity index (χ0v) is 15.6. The fourth-order valence-corrected chi connectivity index (χ4v) is 0.428. The molecule has 0 aliphatic carbocycles. The van der Waals surface area contributed by atoms with Crippen LogP contribution in [0.3, 0.4) is 0 Å². The third-order valence-electron chi connectivity index (χ3n) is 0.928. The van der Waals surface area contributed by atoms with Crippen molar-refractivity contribution in [1.82, 2.24) is 0 Å². The van der Waals surface area contributed by atoms with E-state index in [4.69, 9.17) is 10.2 Å². The molecule has 2 N–H and O–H groups in total. The molecule has 0 saturated carbocycles. The Morgan fingerprint density at radius 1 is 0.810 bits per heavy atom. The predicted octanol–water partition coefficient (Wildman–Crippen LogP) is 1.25. The van der Waals surface area contributed by atoms with Crippen molar-refractivity contribution >= 4 is 11.9 Å². The standard InChI is InChI=1S/2C4H8O2.2C3H7O.Ti/c2*1-2-3-4(5)6;2*1-3(2)4;/h2*2-3H2,1H3,(H,5,6);2*3H,1-2H3;/q;;2*-1;+2. The number of hydrogen-bond donors (Lipinski definition) is 2. The zero-order valence-electron chi connectivity index (χ0n) is 14.0. The van der Waals surface area contributed by atoms with Crippen LogP contribution in [0.25, 0.3) is 0 Å². The molecule has 0 radical (unpaired) electrons.